The highest BCUT2D eigenvalue weighted by Gasteiger charge is 2.64. The summed E-state index contributed by atoms with van der Waals surface area (Å²) in [5.74, 6) is 0. The molecule has 0 saturated heterocycles. The van der Waals surface area contributed by atoms with Crippen molar-refractivity contribution in [2.45, 2.75) is 78.4 Å². The van der Waals surface area contributed by atoms with Crippen LogP contribution in [0.1, 0.15) is 67.2 Å². The fourth-order valence-corrected chi connectivity index (χ4v) is 5.50. The van der Waals surface area contributed by atoms with Crippen molar-refractivity contribution >= 4 is 0 Å². The number of aliphatic hydroxyl groups is 4. The second-order valence-electron chi connectivity index (χ2n) is 12.7. The SMILES string of the molecule is C=C(C)COC(CC(=C)C)(CC(=C)C)C(CO)(COCC(CO)(CO)CO)C(CC(=C)C)(CC(=C)C)OCC(=C)C. The van der Waals surface area contributed by atoms with Crippen molar-refractivity contribution in [1.82, 2.24) is 0 Å². The van der Waals surface area contributed by atoms with Crippen LogP contribution in [0.3, 0.4) is 0 Å². The van der Waals surface area contributed by atoms with E-state index in [2.05, 4.69) is 39.5 Å². The van der Waals surface area contributed by atoms with Crippen LogP contribution in [-0.2, 0) is 14.2 Å². The van der Waals surface area contributed by atoms with Crippen LogP contribution in [-0.4, -0.2) is 84.5 Å². The molecule has 0 radical (unpaired) electrons. The van der Waals surface area contributed by atoms with Gasteiger partial charge in [-0.25, -0.2) is 0 Å². The molecular weight excluding hydrogens is 520 g/mol. The van der Waals surface area contributed by atoms with Crippen molar-refractivity contribution in [2.75, 3.05) is 52.9 Å². The fourth-order valence-electron chi connectivity index (χ4n) is 5.50. The Hall–Kier alpha value is -1.84. The summed E-state index contributed by atoms with van der Waals surface area (Å²) in [7, 11) is 0. The van der Waals surface area contributed by atoms with Gasteiger partial charge in [0.2, 0.25) is 0 Å². The summed E-state index contributed by atoms with van der Waals surface area (Å²) in [6.45, 7) is 34.5. The minimum Gasteiger partial charge on any atom is -0.396 e. The summed E-state index contributed by atoms with van der Waals surface area (Å²) in [6, 6.07) is 0. The highest BCUT2D eigenvalue weighted by atomic mass is 16.5. The van der Waals surface area contributed by atoms with Gasteiger partial charge < -0.3 is 34.6 Å². The minimum atomic E-state index is -1.30. The predicted molar refractivity (Wildman–Crippen MR) is 169 cm³/mol. The first-order valence-electron chi connectivity index (χ1n) is 14.1. The molecule has 0 heterocycles. The predicted octanol–water partition coefficient (Wildman–Crippen LogP) is 5.47. The van der Waals surface area contributed by atoms with Crippen LogP contribution in [0.4, 0.5) is 0 Å². The molecular formula is C34H58O7. The summed E-state index contributed by atoms with van der Waals surface area (Å²) in [5.41, 5.74) is -0.0286. The average Bonchev–Trinajstić information content (AvgIpc) is 2.85. The van der Waals surface area contributed by atoms with Crippen molar-refractivity contribution in [1.29, 1.82) is 0 Å². The van der Waals surface area contributed by atoms with Gasteiger partial charge in [0.1, 0.15) is 0 Å². The van der Waals surface area contributed by atoms with E-state index in [-0.39, 0.29) is 26.4 Å². The van der Waals surface area contributed by atoms with E-state index in [0.29, 0.717) is 25.7 Å². The lowest BCUT2D eigenvalue weighted by molar-refractivity contribution is -0.266. The molecule has 0 rings (SSSR count). The molecule has 0 aliphatic carbocycles. The van der Waals surface area contributed by atoms with Crippen molar-refractivity contribution in [2.24, 2.45) is 10.8 Å². The van der Waals surface area contributed by atoms with Crippen LogP contribution < -0.4 is 0 Å². The van der Waals surface area contributed by atoms with Crippen LogP contribution in [0.25, 0.3) is 0 Å². The summed E-state index contributed by atoms with van der Waals surface area (Å²) >= 11 is 0. The number of aliphatic hydroxyl groups excluding tert-OH is 4. The van der Waals surface area contributed by atoms with E-state index in [4.69, 9.17) is 14.2 Å². The van der Waals surface area contributed by atoms with Gasteiger partial charge >= 0.3 is 0 Å². The molecule has 0 unspecified atom stereocenters. The van der Waals surface area contributed by atoms with E-state index in [0.717, 1.165) is 33.4 Å². The summed E-state index contributed by atoms with van der Waals surface area (Å²) < 4.78 is 20.0. The highest BCUT2D eigenvalue weighted by molar-refractivity contribution is 5.24. The van der Waals surface area contributed by atoms with E-state index in [9.17, 15) is 20.4 Å². The summed E-state index contributed by atoms with van der Waals surface area (Å²) in [5, 5.41) is 41.6. The maximum atomic E-state index is 11.7. The topological polar surface area (TPSA) is 109 Å². The van der Waals surface area contributed by atoms with Crippen molar-refractivity contribution < 1.29 is 34.6 Å². The molecule has 0 aliphatic heterocycles. The lowest BCUT2D eigenvalue weighted by Gasteiger charge is -2.59. The zero-order chi connectivity index (χ0) is 32.1. The van der Waals surface area contributed by atoms with E-state index in [1.54, 1.807) is 0 Å². The van der Waals surface area contributed by atoms with Crippen LogP contribution in [0.5, 0.6) is 0 Å². The van der Waals surface area contributed by atoms with Gasteiger partial charge in [0.25, 0.3) is 0 Å². The fraction of sp³-hybridized carbons (Fsp3) is 0.647. The molecule has 4 N–H and O–H groups in total. The van der Waals surface area contributed by atoms with Crippen molar-refractivity contribution in [3.8, 4) is 0 Å². The number of ether oxygens (including phenoxy) is 3. The smallest absolute Gasteiger partial charge is 0.0888 e. The third-order valence-corrected chi connectivity index (χ3v) is 7.32. The third kappa shape index (κ3) is 10.7. The summed E-state index contributed by atoms with van der Waals surface area (Å²) in [4.78, 5) is 0. The molecule has 7 nitrogen and oxygen atoms in total. The summed E-state index contributed by atoms with van der Waals surface area (Å²) in [6.07, 6.45) is 1.36. The normalized spacial score (nSPS) is 12.7. The van der Waals surface area contributed by atoms with Crippen LogP contribution in [0, 0.1) is 10.8 Å². The van der Waals surface area contributed by atoms with Crippen LogP contribution in [0.2, 0.25) is 0 Å². The first-order valence-corrected chi connectivity index (χ1v) is 14.1. The van der Waals surface area contributed by atoms with Gasteiger partial charge in [0, 0.05) is 0 Å². The molecule has 236 valence electrons. The Morgan fingerprint density at radius 3 is 1.02 bits per heavy atom. The second-order valence-corrected chi connectivity index (χ2v) is 12.7. The Labute approximate surface area is 249 Å². The van der Waals surface area contributed by atoms with E-state index in [1.807, 2.05) is 41.5 Å². The maximum absolute atomic E-state index is 11.7. The van der Waals surface area contributed by atoms with E-state index in [1.165, 1.54) is 0 Å². The van der Waals surface area contributed by atoms with Crippen LogP contribution in [0.15, 0.2) is 72.9 Å². The number of rotatable bonds is 24. The monoisotopic (exact) mass is 578 g/mol. The zero-order valence-corrected chi connectivity index (χ0v) is 26.7. The number of hydrogen-bond donors (Lipinski definition) is 4. The molecule has 0 spiro atoms. The van der Waals surface area contributed by atoms with Gasteiger partial charge in [0.15, 0.2) is 0 Å². The zero-order valence-electron chi connectivity index (χ0n) is 26.7. The minimum absolute atomic E-state index is 0.112. The Bertz CT molecular complexity index is 827. The van der Waals surface area contributed by atoms with Crippen LogP contribution >= 0.6 is 0 Å². The lowest BCUT2D eigenvalue weighted by atomic mass is 9.55. The molecule has 0 bridgehead atoms. The quantitative estimate of drug-likeness (QED) is 0.112. The second kappa shape index (κ2) is 17.3. The molecule has 0 aromatic rings. The molecule has 0 aromatic heterocycles. The van der Waals surface area contributed by atoms with Gasteiger partial charge in [-0.05, 0) is 67.2 Å². The largest absolute Gasteiger partial charge is 0.396 e. The number of hydrogen-bond acceptors (Lipinski definition) is 7. The van der Waals surface area contributed by atoms with Gasteiger partial charge in [-0.3, -0.25) is 0 Å². The molecule has 0 aliphatic rings. The average molecular weight is 579 g/mol. The molecule has 0 amide bonds. The molecule has 0 atom stereocenters. The Morgan fingerprint density at radius 2 is 0.805 bits per heavy atom. The standard InChI is InChI=1S/C34H58O7/c1-25(2)13-33(14-26(3)4,40-17-29(9)10)32(22-38,24-39-23-31(19-35,20-36)21-37)34(15-27(5)6,16-28(7)8)41-18-30(11)12/h35-38H,1,3,5,7,9,11,13-24H2,2,4,6,8,10,12H3. The molecule has 0 saturated carbocycles. The molecule has 41 heavy (non-hydrogen) atoms. The van der Waals surface area contributed by atoms with E-state index >= 15 is 0 Å². The van der Waals surface area contributed by atoms with Gasteiger partial charge in [-0.1, -0.05) is 46.6 Å². The van der Waals surface area contributed by atoms with Gasteiger partial charge in [0.05, 0.1) is 74.9 Å². The van der Waals surface area contributed by atoms with Crippen molar-refractivity contribution in [3.63, 3.8) is 0 Å². The third-order valence-electron chi connectivity index (χ3n) is 7.32. The molecule has 0 fully saturated rings. The lowest BCUT2D eigenvalue weighted by Crippen LogP contribution is -2.68. The Balaban J connectivity index is 7.89. The van der Waals surface area contributed by atoms with E-state index < -0.39 is 48.5 Å². The van der Waals surface area contributed by atoms with Crippen molar-refractivity contribution in [3.05, 3.63) is 72.9 Å². The first kappa shape index (κ1) is 39.2. The molecule has 0 aromatic carbocycles. The molecule has 7 heteroatoms. The Morgan fingerprint density at radius 1 is 0.488 bits per heavy atom. The first-order chi connectivity index (χ1) is 18.9. The van der Waals surface area contributed by atoms with Gasteiger partial charge in [-0.2, -0.15) is 0 Å². The Kier molecular flexibility index (Phi) is 16.5. The van der Waals surface area contributed by atoms with Gasteiger partial charge in [-0.15, -0.1) is 26.3 Å². The maximum Gasteiger partial charge on any atom is 0.0888 e. The highest BCUT2D eigenvalue weighted by Crippen LogP contribution is 2.56.